The predicted molar refractivity (Wildman–Crippen MR) is 112 cm³/mol. The molecule has 1 aromatic carbocycles. The first-order valence-corrected chi connectivity index (χ1v) is 10.4. The minimum absolute atomic E-state index is 0.225. The Morgan fingerprint density at radius 2 is 1.97 bits per heavy atom. The van der Waals surface area contributed by atoms with Crippen molar-refractivity contribution in [2.45, 2.75) is 53.0 Å². The summed E-state index contributed by atoms with van der Waals surface area (Å²) in [6.45, 7) is 7.91. The summed E-state index contributed by atoms with van der Waals surface area (Å²) in [5.41, 5.74) is 1.81. The van der Waals surface area contributed by atoms with Crippen LogP contribution in [0.2, 0.25) is 0 Å². The Labute approximate surface area is 171 Å². The van der Waals surface area contributed by atoms with Gasteiger partial charge in [-0.15, -0.1) is 0 Å². The van der Waals surface area contributed by atoms with Gasteiger partial charge in [0, 0.05) is 23.9 Å². The Kier molecular flexibility index (Phi) is 6.62. The molecule has 156 valence electrons. The number of carbonyl (C=O) groups is 1. The maximum absolute atomic E-state index is 12.2. The third kappa shape index (κ3) is 4.81. The van der Waals surface area contributed by atoms with Crippen molar-refractivity contribution in [1.82, 2.24) is 4.57 Å². The molecule has 2 heterocycles. The first kappa shape index (κ1) is 21.0. The first-order chi connectivity index (χ1) is 14.0. The van der Waals surface area contributed by atoms with Gasteiger partial charge >= 0.3 is 5.97 Å². The lowest BCUT2D eigenvalue weighted by Crippen LogP contribution is -2.19. The van der Waals surface area contributed by atoms with E-state index >= 15 is 0 Å². The van der Waals surface area contributed by atoms with Crippen LogP contribution in [0.5, 0.6) is 11.5 Å². The molecular weight excluding hydrogens is 370 g/mol. The minimum atomic E-state index is -1.21. The molecule has 4 rings (SSSR count). The van der Waals surface area contributed by atoms with Crippen molar-refractivity contribution in [3.63, 3.8) is 0 Å². The summed E-state index contributed by atoms with van der Waals surface area (Å²) in [6.07, 6.45) is 5.91. The Morgan fingerprint density at radius 3 is 2.59 bits per heavy atom. The fourth-order valence-corrected chi connectivity index (χ4v) is 3.23. The van der Waals surface area contributed by atoms with E-state index in [9.17, 15) is 14.7 Å². The van der Waals surface area contributed by atoms with Crippen molar-refractivity contribution >= 4 is 5.97 Å². The SMILES string of the molecule is CCC.CCc1cc2c(cc1OCC1CC1)OCCn1cc(C(=O)O)c(=O)cc1-2. The van der Waals surface area contributed by atoms with Crippen molar-refractivity contribution < 1.29 is 19.4 Å². The number of fused-ring (bicyclic) bond motifs is 3. The second kappa shape index (κ2) is 9.16. The van der Waals surface area contributed by atoms with Crippen LogP contribution in [0, 0.1) is 5.92 Å². The molecule has 6 nitrogen and oxygen atoms in total. The maximum atomic E-state index is 12.2. The van der Waals surface area contributed by atoms with Crippen LogP contribution in [0.4, 0.5) is 0 Å². The van der Waals surface area contributed by atoms with Crippen LogP contribution in [0.15, 0.2) is 29.2 Å². The molecular formula is C23H29NO5. The number of aromatic nitrogens is 1. The highest BCUT2D eigenvalue weighted by atomic mass is 16.5. The molecule has 0 amide bonds. The Balaban J connectivity index is 0.000000755. The average molecular weight is 399 g/mol. The lowest BCUT2D eigenvalue weighted by molar-refractivity contribution is 0.0694. The molecule has 0 atom stereocenters. The fourth-order valence-electron chi connectivity index (χ4n) is 3.23. The zero-order valence-electron chi connectivity index (χ0n) is 17.4. The van der Waals surface area contributed by atoms with Crippen molar-refractivity contribution in [2.75, 3.05) is 13.2 Å². The summed E-state index contributed by atoms with van der Waals surface area (Å²) in [7, 11) is 0. The van der Waals surface area contributed by atoms with Crippen LogP contribution < -0.4 is 14.9 Å². The summed E-state index contributed by atoms with van der Waals surface area (Å²) < 4.78 is 13.7. The lowest BCUT2D eigenvalue weighted by Gasteiger charge is -2.16. The number of aryl methyl sites for hydroxylation is 1. The molecule has 1 aromatic heterocycles. The van der Waals surface area contributed by atoms with E-state index in [1.165, 1.54) is 31.5 Å². The molecule has 2 aliphatic rings. The summed E-state index contributed by atoms with van der Waals surface area (Å²) in [4.78, 5) is 23.5. The number of aromatic carboxylic acids is 1. The van der Waals surface area contributed by atoms with Gasteiger partial charge in [0.1, 0.15) is 23.7 Å². The Hall–Kier alpha value is -2.76. The quantitative estimate of drug-likeness (QED) is 0.808. The molecule has 29 heavy (non-hydrogen) atoms. The first-order valence-electron chi connectivity index (χ1n) is 10.4. The van der Waals surface area contributed by atoms with Gasteiger partial charge in [-0.05, 0) is 36.8 Å². The third-order valence-corrected chi connectivity index (χ3v) is 4.94. The van der Waals surface area contributed by atoms with Crippen molar-refractivity contribution in [1.29, 1.82) is 0 Å². The molecule has 1 N–H and O–H groups in total. The normalized spacial score (nSPS) is 14.4. The van der Waals surface area contributed by atoms with E-state index in [1.54, 1.807) is 4.57 Å². The molecule has 0 spiro atoms. The van der Waals surface area contributed by atoms with Crippen LogP contribution in [-0.2, 0) is 13.0 Å². The number of ether oxygens (including phenoxy) is 2. The van der Waals surface area contributed by atoms with Crippen LogP contribution in [0.25, 0.3) is 11.3 Å². The van der Waals surface area contributed by atoms with Crippen molar-refractivity contribution in [2.24, 2.45) is 5.92 Å². The maximum Gasteiger partial charge on any atom is 0.341 e. The number of pyridine rings is 1. The Morgan fingerprint density at radius 1 is 1.24 bits per heavy atom. The minimum Gasteiger partial charge on any atom is -0.493 e. The van der Waals surface area contributed by atoms with Gasteiger partial charge < -0.3 is 19.1 Å². The van der Waals surface area contributed by atoms with Gasteiger partial charge in [-0.25, -0.2) is 4.79 Å². The average Bonchev–Trinajstić information content (AvgIpc) is 3.52. The van der Waals surface area contributed by atoms with Crippen molar-refractivity contribution in [3.05, 3.63) is 45.7 Å². The van der Waals surface area contributed by atoms with E-state index in [0.717, 1.165) is 29.9 Å². The van der Waals surface area contributed by atoms with Gasteiger partial charge in [0.15, 0.2) is 5.43 Å². The summed E-state index contributed by atoms with van der Waals surface area (Å²) >= 11 is 0. The third-order valence-electron chi connectivity index (χ3n) is 4.94. The summed E-state index contributed by atoms with van der Waals surface area (Å²) in [5.74, 6) is 0.944. The van der Waals surface area contributed by atoms with Crippen LogP contribution >= 0.6 is 0 Å². The fraction of sp³-hybridized carbons (Fsp3) is 0.478. The molecule has 1 aliphatic heterocycles. The number of benzene rings is 1. The van der Waals surface area contributed by atoms with E-state index in [0.29, 0.717) is 30.5 Å². The number of nitrogens with zero attached hydrogens (tertiary/aromatic N) is 1. The number of hydrogen-bond donors (Lipinski definition) is 1. The lowest BCUT2D eigenvalue weighted by atomic mass is 10.0. The number of rotatable bonds is 5. The smallest absolute Gasteiger partial charge is 0.341 e. The zero-order valence-corrected chi connectivity index (χ0v) is 17.4. The number of hydrogen-bond acceptors (Lipinski definition) is 4. The highest BCUT2D eigenvalue weighted by molar-refractivity contribution is 5.87. The van der Waals surface area contributed by atoms with E-state index in [4.69, 9.17) is 9.47 Å². The molecule has 0 radical (unpaired) electrons. The molecule has 2 aromatic rings. The van der Waals surface area contributed by atoms with Gasteiger partial charge in [-0.1, -0.05) is 27.2 Å². The molecule has 6 heteroatoms. The number of carboxylic acids is 1. The van der Waals surface area contributed by atoms with Gasteiger partial charge in [-0.3, -0.25) is 4.79 Å². The molecule has 1 fully saturated rings. The van der Waals surface area contributed by atoms with Crippen LogP contribution in [0.3, 0.4) is 0 Å². The molecule has 0 saturated heterocycles. The van der Waals surface area contributed by atoms with Gasteiger partial charge in [-0.2, -0.15) is 0 Å². The molecule has 1 saturated carbocycles. The van der Waals surface area contributed by atoms with E-state index in [1.807, 2.05) is 12.1 Å². The topological polar surface area (TPSA) is 77.8 Å². The predicted octanol–water partition coefficient (Wildman–Crippen LogP) is 4.37. The van der Waals surface area contributed by atoms with Gasteiger partial charge in [0.05, 0.1) is 18.8 Å². The summed E-state index contributed by atoms with van der Waals surface area (Å²) in [5, 5.41) is 9.20. The highest BCUT2D eigenvalue weighted by Crippen LogP contribution is 2.39. The number of carboxylic acid groups (broad SMARTS) is 1. The standard InChI is InChI=1S/C20H21NO5.C3H8/c1-2-13-7-14-16-8-17(22)15(20(23)24)10-21(16)5-6-25-19(14)9-18(13)26-11-12-3-4-12;1-3-2/h7-10,12H,2-6,11H2,1H3,(H,23,24);3H2,1-2H3. The second-order valence-electron chi connectivity index (χ2n) is 7.55. The van der Waals surface area contributed by atoms with E-state index in [-0.39, 0.29) is 5.56 Å². The van der Waals surface area contributed by atoms with Gasteiger partial charge in [0.2, 0.25) is 0 Å². The molecule has 0 bridgehead atoms. The van der Waals surface area contributed by atoms with Crippen LogP contribution in [-0.4, -0.2) is 28.9 Å². The highest BCUT2D eigenvalue weighted by Gasteiger charge is 2.24. The summed E-state index contributed by atoms with van der Waals surface area (Å²) in [6, 6.07) is 5.29. The monoisotopic (exact) mass is 399 g/mol. The Bertz CT molecular complexity index is 943. The van der Waals surface area contributed by atoms with Gasteiger partial charge in [0.25, 0.3) is 0 Å². The van der Waals surface area contributed by atoms with Crippen molar-refractivity contribution in [3.8, 4) is 22.8 Å². The van der Waals surface area contributed by atoms with Crippen LogP contribution in [0.1, 0.15) is 56.0 Å². The van der Waals surface area contributed by atoms with E-state index < -0.39 is 11.4 Å². The zero-order chi connectivity index (χ0) is 21.0. The molecule has 0 unspecified atom stereocenters. The molecule has 1 aliphatic carbocycles. The second-order valence-corrected chi connectivity index (χ2v) is 7.55. The largest absolute Gasteiger partial charge is 0.493 e. The van der Waals surface area contributed by atoms with E-state index in [2.05, 4.69) is 20.8 Å².